The van der Waals surface area contributed by atoms with Crippen molar-refractivity contribution in [2.24, 2.45) is 0 Å². The summed E-state index contributed by atoms with van der Waals surface area (Å²) in [5.74, 6) is 0. The van der Waals surface area contributed by atoms with Crippen molar-refractivity contribution in [3.8, 4) is 0 Å². The van der Waals surface area contributed by atoms with Crippen LogP contribution in [0.5, 0.6) is 0 Å². The van der Waals surface area contributed by atoms with Crippen molar-refractivity contribution in [3.63, 3.8) is 0 Å². The molecule has 0 N–H and O–H groups in total. The summed E-state index contributed by atoms with van der Waals surface area (Å²) in [5, 5.41) is 0. The van der Waals surface area contributed by atoms with Crippen LogP contribution in [0.4, 0.5) is 0 Å². The molecule has 0 bridgehead atoms. The van der Waals surface area contributed by atoms with Crippen LogP contribution in [0.3, 0.4) is 0 Å². The Balaban J connectivity index is 0.000000364. The van der Waals surface area contributed by atoms with E-state index in [1.807, 2.05) is 36.4 Å². The van der Waals surface area contributed by atoms with Crippen LogP contribution >= 0.6 is 0 Å². The Morgan fingerprint density at radius 2 is 0.810 bits per heavy atom. The predicted molar refractivity (Wildman–Crippen MR) is 89.7 cm³/mol. The molecule has 0 aliphatic rings. The summed E-state index contributed by atoms with van der Waals surface area (Å²) in [6, 6.07) is 20.6. The van der Waals surface area contributed by atoms with E-state index in [2.05, 4.69) is 65.8 Å². The molecule has 21 heavy (non-hydrogen) atoms. The largest absolute Gasteiger partial charge is 2.00 e. The SMILES string of the molecule is [CH2-]C(C)(C)c1ccccc1.[CH2-]C(C)(C)c1ccccc1.[Zr+2]. The molecule has 110 valence electrons. The second-order valence-corrected chi connectivity index (χ2v) is 6.50. The van der Waals surface area contributed by atoms with E-state index in [0.29, 0.717) is 0 Å². The van der Waals surface area contributed by atoms with Gasteiger partial charge in [-0.25, -0.2) is 0 Å². The first-order valence-corrected chi connectivity index (χ1v) is 7.03. The van der Waals surface area contributed by atoms with E-state index < -0.39 is 0 Å². The first kappa shape index (κ1) is 20.3. The summed E-state index contributed by atoms with van der Waals surface area (Å²) in [4.78, 5) is 0. The van der Waals surface area contributed by atoms with Gasteiger partial charge in [-0.15, -0.1) is 10.8 Å². The van der Waals surface area contributed by atoms with Gasteiger partial charge in [0, 0.05) is 0 Å². The summed E-state index contributed by atoms with van der Waals surface area (Å²) in [7, 11) is 0. The van der Waals surface area contributed by atoms with E-state index >= 15 is 0 Å². The molecule has 2 aromatic carbocycles. The average Bonchev–Trinajstić information content (AvgIpc) is 2.40. The number of benzene rings is 2. The Kier molecular flexibility index (Phi) is 8.41. The monoisotopic (exact) mass is 356 g/mol. The van der Waals surface area contributed by atoms with Crippen molar-refractivity contribution in [2.45, 2.75) is 38.5 Å². The van der Waals surface area contributed by atoms with Gasteiger partial charge in [0.15, 0.2) is 0 Å². The molecule has 0 radical (unpaired) electrons. The van der Waals surface area contributed by atoms with E-state index in [0.717, 1.165) is 0 Å². The molecule has 0 aliphatic carbocycles. The molecule has 0 unspecified atom stereocenters. The van der Waals surface area contributed by atoms with Gasteiger partial charge < -0.3 is 13.8 Å². The van der Waals surface area contributed by atoms with E-state index in [1.165, 1.54) is 11.1 Å². The minimum absolute atomic E-state index is 0. The maximum Gasteiger partial charge on any atom is 2.00 e. The summed E-state index contributed by atoms with van der Waals surface area (Å²) < 4.78 is 0. The minimum atomic E-state index is 0. The molecule has 0 atom stereocenters. The van der Waals surface area contributed by atoms with Gasteiger partial charge in [-0.1, -0.05) is 99.5 Å². The molecule has 0 heterocycles. The van der Waals surface area contributed by atoms with E-state index in [1.54, 1.807) is 0 Å². The molecular formula is C20H26Zr. The molecule has 0 saturated heterocycles. The zero-order valence-electron chi connectivity index (χ0n) is 13.7. The Morgan fingerprint density at radius 3 is 0.952 bits per heavy atom. The molecule has 0 saturated carbocycles. The molecular weight excluding hydrogens is 331 g/mol. The molecule has 0 aliphatic heterocycles. The molecule has 2 rings (SSSR count). The van der Waals surface area contributed by atoms with E-state index in [9.17, 15) is 0 Å². The predicted octanol–water partition coefficient (Wildman–Crippen LogP) is 5.59. The number of hydrogen-bond donors (Lipinski definition) is 0. The zero-order chi connectivity index (χ0) is 15.2. The minimum Gasteiger partial charge on any atom is -0.333 e. The molecule has 2 aromatic rings. The maximum absolute atomic E-state index is 4.04. The van der Waals surface area contributed by atoms with Crippen LogP contribution in [0.1, 0.15) is 38.8 Å². The van der Waals surface area contributed by atoms with Gasteiger partial charge in [0.05, 0.1) is 0 Å². The third-order valence-electron chi connectivity index (χ3n) is 3.11. The standard InChI is InChI=1S/2C10H13.Zr/c2*1-10(2,3)9-7-5-4-6-8-9;/h2*4-8H,1H2,2-3H3;/q2*-1;+2. The van der Waals surface area contributed by atoms with Crippen LogP contribution in [0.2, 0.25) is 0 Å². The summed E-state index contributed by atoms with van der Waals surface area (Å²) in [5.41, 5.74) is 2.66. The van der Waals surface area contributed by atoms with Crippen molar-refractivity contribution < 1.29 is 26.2 Å². The quantitative estimate of drug-likeness (QED) is 0.614. The number of rotatable bonds is 2. The first-order chi connectivity index (χ1) is 9.21. The van der Waals surface area contributed by atoms with Crippen LogP contribution in [-0.2, 0) is 37.0 Å². The molecule has 0 nitrogen and oxygen atoms in total. The van der Waals surface area contributed by atoms with E-state index in [4.69, 9.17) is 0 Å². The van der Waals surface area contributed by atoms with Crippen LogP contribution < -0.4 is 0 Å². The third-order valence-corrected chi connectivity index (χ3v) is 3.11. The van der Waals surface area contributed by atoms with Crippen LogP contribution in [0.25, 0.3) is 0 Å². The van der Waals surface area contributed by atoms with Crippen LogP contribution in [-0.4, -0.2) is 0 Å². The topological polar surface area (TPSA) is 0 Å². The molecule has 0 amide bonds. The summed E-state index contributed by atoms with van der Waals surface area (Å²) >= 11 is 0. The van der Waals surface area contributed by atoms with Gasteiger partial charge in [0.25, 0.3) is 0 Å². The van der Waals surface area contributed by atoms with Crippen molar-refractivity contribution in [3.05, 3.63) is 85.6 Å². The van der Waals surface area contributed by atoms with Gasteiger partial charge in [-0.3, -0.25) is 0 Å². The van der Waals surface area contributed by atoms with Gasteiger partial charge in [-0.05, 0) is 0 Å². The fraction of sp³-hybridized carbons (Fsp3) is 0.300. The molecule has 0 spiro atoms. The Hall–Kier alpha value is -0.677. The molecule has 0 fully saturated rings. The van der Waals surface area contributed by atoms with Crippen LogP contribution in [0.15, 0.2) is 60.7 Å². The second-order valence-electron chi connectivity index (χ2n) is 6.50. The fourth-order valence-electron chi connectivity index (χ4n) is 1.78. The average molecular weight is 358 g/mol. The first-order valence-electron chi connectivity index (χ1n) is 7.03. The smallest absolute Gasteiger partial charge is 0.333 e. The Bertz CT molecular complexity index is 437. The normalized spacial score (nSPS) is 11.0. The maximum atomic E-state index is 4.04. The van der Waals surface area contributed by atoms with Crippen molar-refractivity contribution in [2.75, 3.05) is 0 Å². The van der Waals surface area contributed by atoms with Gasteiger partial charge in [0.1, 0.15) is 0 Å². The molecule has 0 aromatic heterocycles. The van der Waals surface area contributed by atoms with Crippen molar-refractivity contribution >= 4 is 0 Å². The molecule has 1 heteroatoms. The third kappa shape index (κ3) is 7.77. The Morgan fingerprint density at radius 1 is 0.571 bits per heavy atom. The van der Waals surface area contributed by atoms with Gasteiger partial charge >= 0.3 is 26.2 Å². The van der Waals surface area contributed by atoms with Gasteiger partial charge in [0.2, 0.25) is 0 Å². The zero-order valence-corrected chi connectivity index (χ0v) is 16.1. The van der Waals surface area contributed by atoms with Gasteiger partial charge in [-0.2, -0.15) is 0 Å². The number of hydrogen-bond acceptors (Lipinski definition) is 0. The Labute approximate surface area is 150 Å². The fourth-order valence-corrected chi connectivity index (χ4v) is 1.78. The van der Waals surface area contributed by atoms with Crippen LogP contribution in [0, 0.1) is 13.8 Å². The summed E-state index contributed by atoms with van der Waals surface area (Å²) in [6.45, 7) is 16.5. The van der Waals surface area contributed by atoms with E-state index in [-0.39, 0.29) is 37.0 Å². The van der Waals surface area contributed by atoms with Crippen molar-refractivity contribution in [1.29, 1.82) is 0 Å². The summed E-state index contributed by atoms with van der Waals surface area (Å²) in [6.07, 6.45) is 0. The second kappa shape index (κ2) is 8.69. The van der Waals surface area contributed by atoms with Crippen molar-refractivity contribution in [1.82, 2.24) is 0 Å².